The van der Waals surface area contributed by atoms with Crippen LogP contribution in [0.3, 0.4) is 0 Å². The second kappa shape index (κ2) is 3.85. The van der Waals surface area contributed by atoms with Crippen molar-refractivity contribution in [1.29, 1.82) is 0 Å². The normalized spacial score (nSPS) is 14.1. The number of likely N-dealkylation sites (N-methyl/N-ethyl adjacent to an activating group) is 1. The maximum absolute atomic E-state index is 10.6. The van der Waals surface area contributed by atoms with E-state index in [-0.39, 0.29) is 6.42 Å². The largest absolute Gasteiger partial charge is 0.481 e. The summed E-state index contributed by atoms with van der Waals surface area (Å²) in [6.07, 6.45) is 1.09. The van der Waals surface area contributed by atoms with Gasteiger partial charge in [0.05, 0.1) is 12.1 Å². The van der Waals surface area contributed by atoms with Crippen LogP contribution in [0, 0.1) is 0 Å². The van der Waals surface area contributed by atoms with Crippen molar-refractivity contribution in [2.24, 2.45) is 0 Å². The van der Waals surface area contributed by atoms with E-state index in [9.17, 15) is 4.79 Å². The molecule has 0 aromatic heterocycles. The highest BCUT2D eigenvalue weighted by Gasteiger charge is 2.19. The lowest BCUT2D eigenvalue weighted by Crippen LogP contribution is -2.13. The number of rotatable bonds is 2. The third-order valence-electron chi connectivity index (χ3n) is 2.66. The smallest absolute Gasteiger partial charge is 0.307 e. The Balaban J connectivity index is 2.40. The summed E-state index contributed by atoms with van der Waals surface area (Å²) < 4.78 is 0.997. The Kier molecular flexibility index (Phi) is 2.69. The fraction of sp³-hybridized carbons (Fsp3) is 0.364. The Morgan fingerprint density at radius 3 is 3.00 bits per heavy atom. The zero-order valence-corrected chi connectivity index (χ0v) is 10.0. The van der Waals surface area contributed by atoms with Gasteiger partial charge in [-0.25, -0.2) is 0 Å². The number of carbonyl (C=O) groups is 1. The van der Waals surface area contributed by atoms with Crippen molar-refractivity contribution in [3.05, 3.63) is 27.7 Å². The van der Waals surface area contributed by atoms with E-state index in [1.54, 1.807) is 0 Å². The van der Waals surface area contributed by atoms with Crippen LogP contribution < -0.4 is 4.90 Å². The fourth-order valence-electron chi connectivity index (χ4n) is 2.01. The minimum absolute atomic E-state index is 0.0929. The lowest BCUT2D eigenvalue weighted by atomic mass is 10.1. The molecule has 0 bridgehead atoms. The van der Waals surface area contributed by atoms with Gasteiger partial charge in [0, 0.05) is 18.1 Å². The molecular weight excluding hydrogens is 258 g/mol. The molecular formula is C11H12BrNO2. The van der Waals surface area contributed by atoms with Gasteiger partial charge in [0.15, 0.2) is 0 Å². The van der Waals surface area contributed by atoms with Crippen molar-refractivity contribution >= 4 is 27.6 Å². The number of fused-ring (bicyclic) bond motifs is 1. The monoisotopic (exact) mass is 269 g/mol. The van der Waals surface area contributed by atoms with Crippen molar-refractivity contribution in [1.82, 2.24) is 0 Å². The lowest BCUT2D eigenvalue weighted by Gasteiger charge is -2.14. The molecule has 0 spiro atoms. The van der Waals surface area contributed by atoms with Gasteiger partial charge >= 0.3 is 5.97 Å². The molecule has 3 nitrogen and oxygen atoms in total. The number of aliphatic carboxylic acids is 1. The van der Waals surface area contributed by atoms with Gasteiger partial charge in [-0.2, -0.15) is 0 Å². The quantitative estimate of drug-likeness (QED) is 0.894. The summed E-state index contributed by atoms with van der Waals surface area (Å²) in [5.41, 5.74) is 3.30. The van der Waals surface area contributed by atoms with Crippen LogP contribution in [0.2, 0.25) is 0 Å². The SMILES string of the molecule is CN1CCc2cc(CC(=O)O)cc(Br)c21. The predicted molar refractivity (Wildman–Crippen MR) is 62.5 cm³/mol. The molecule has 0 saturated carbocycles. The van der Waals surface area contributed by atoms with Crippen LogP contribution in [0.25, 0.3) is 0 Å². The molecule has 1 N–H and O–H groups in total. The van der Waals surface area contributed by atoms with E-state index in [4.69, 9.17) is 5.11 Å². The second-order valence-corrected chi connectivity index (χ2v) is 4.68. The van der Waals surface area contributed by atoms with Crippen LogP contribution in [0.1, 0.15) is 11.1 Å². The Hall–Kier alpha value is -1.03. The summed E-state index contributed by atoms with van der Waals surface area (Å²) in [4.78, 5) is 12.8. The molecule has 15 heavy (non-hydrogen) atoms. The Labute approximate surface area is 96.8 Å². The van der Waals surface area contributed by atoms with E-state index >= 15 is 0 Å². The van der Waals surface area contributed by atoms with Crippen LogP contribution in [-0.2, 0) is 17.6 Å². The maximum Gasteiger partial charge on any atom is 0.307 e. The van der Waals surface area contributed by atoms with Crippen molar-refractivity contribution in [2.45, 2.75) is 12.8 Å². The third-order valence-corrected chi connectivity index (χ3v) is 3.26. The maximum atomic E-state index is 10.6. The van der Waals surface area contributed by atoms with Crippen LogP contribution in [0.5, 0.6) is 0 Å². The fourth-order valence-corrected chi connectivity index (χ4v) is 2.86. The molecule has 0 unspecified atom stereocenters. The highest BCUT2D eigenvalue weighted by Crippen LogP contribution is 2.35. The molecule has 0 fully saturated rings. The number of halogens is 1. The first kappa shape index (κ1) is 10.5. The number of carboxylic acids is 1. The molecule has 0 atom stereocenters. The first-order valence-corrected chi connectivity index (χ1v) is 5.61. The molecule has 0 aliphatic carbocycles. The summed E-state index contributed by atoms with van der Waals surface area (Å²) in [6.45, 7) is 1.00. The van der Waals surface area contributed by atoms with Gasteiger partial charge in [-0.1, -0.05) is 6.07 Å². The van der Waals surface area contributed by atoms with Crippen molar-refractivity contribution in [2.75, 3.05) is 18.5 Å². The molecule has 80 valence electrons. The number of hydrogen-bond donors (Lipinski definition) is 1. The van der Waals surface area contributed by atoms with E-state index in [1.807, 2.05) is 19.2 Å². The number of hydrogen-bond acceptors (Lipinski definition) is 2. The van der Waals surface area contributed by atoms with Gasteiger partial charge < -0.3 is 10.0 Å². The summed E-state index contributed by atoms with van der Waals surface area (Å²) in [6, 6.07) is 3.90. The van der Waals surface area contributed by atoms with E-state index < -0.39 is 5.97 Å². The molecule has 1 aromatic carbocycles. The Morgan fingerprint density at radius 1 is 1.60 bits per heavy atom. The van der Waals surface area contributed by atoms with Crippen LogP contribution in [0.4, 0.5) is 5.69 Å². The van der Waals surface area contributed by atoms with E-state index in [1.165, 1.54) is 11.3 Å². The molecule has 2 rings (SSSR count). The molecule has 0 amide bonds. The molecule has 1 heterocycles. The Morgan fingerprint density at radius 2 is 2.33 bits per heavy atom. The molecule has 1 aromatic rings. The molecule has 1 aliphatic rings. The number of anilines is 1. The summed E-state index contributed by atoms with van der Waals surface area (Å²) in [5.74, 6) is -0.784. The Bertz CT molecular complexity index is 417. The number of nitrogens with zero attached hydrogens (tertiary/aromatic N) is 1. The first-order chi connectivity index (χ1) is 7.08. The van der Waals surface area contributed by atoms with Crippen LogP contribution >= 0.6 is 15.9 Å². The zero-order chi connectivity index (χ0) is 11.0. The molecule has 0 radical (unpaired) electrons. The highest BCUT2D eigenvalue weighted by molar-refractivity contribution is 9.10. The minimum Gasteiger partial charge on any atom is -0.481 e. The van der Waals surface area contributed by atoms with Crippen LogP contribution in [0.15, 0.2) is 16.6 Å². The van der Waals surface area contributed by atoms with Crippen LogP contribution in [-0.4, -0.2) is 24.7 Å². The van der Waals surface area contributed by atoms with Gasteiger partial charge in [-0.15, -0.1) is 0 Å². The first-order valence-electron chi connectivity index (χ1n) is 4.82. The van der Waals surface area contributed by atoms with Crippen molar-refractivity contribution in [3.63, 3.8) is 0 Å². The third kappa shape index (κ3) is 2.00. The number of benzene rings is 1. The van der Waals surface area contributed by atoms with Gasteiger partial charge in [-0.05, 0) is 39.5 Å². The highest BCUT2D eigenvalue weighted by atomic mass is 79.9. The van der Waals surface area contributed by atoms with Gasteiger partial charge in [-0.3, -0.25) is 4.79 Å². The predicted octanol–water partition coefficient (Wildman–Crippen LogP) is 2.07. The average molecular weight is 270 g/mol. The van der Waals surface area contributed by atoms with E-state index in [0.29, 0.717) is 0 Å². The molecule has 0 saturated heterocycles. The van der Waals surface area contributed by atoms with Crippen molar-refractivity contribution < 1.29 is 9.90 Å². The van der Waals surface area contributed by atoms with Gasteiger partial charge in [0.1, 0.15) is 0 Å². The molecule has 4 heteroatoms. The summed E-state index contributed by atoms with van der Waals surface area (Å²) in [5, 5.41) is 8.73. The molecule has 1 aliphatic heterocycles. The topological polar surface area (TPSA) is 40.5 Å². The zero-order valence-electron chi connectivity index (χ0n) is 8.46. The number of carboxylic acid groups (broad SMARTS) is 1. The lowest BCUT2D eigenvalue weighted by molar-refractivity contribution is -0.136. The van der Waals surface area contributed by atoms with Crippen molar-refractivity contribution in [3.8, 4) is 0 Å². The summed E-state index contributed by atoms with van der Waals surface area (Å²) >= 11 is 3.49. The van der Waals surface area contributed by atoms with Gasteiger partial charge in [0.2, 0.25) is 0 Å². The van der Waals surface area contributed by atoms with Gasteiger partial charge in [0.25, 0.3) is 0 Å². The standard InChI is InChI=1S/C11H12BrNO2/c1-13-3-2-8-4-7(6-10(14)15)5-9(12)11(8)13/h4-5H,2-3,6H2,1H3,(H,14,15). The van der Waals surface area contributed by atoms with E-state index in [0.717, 1.165) is 23.0 Å². The summed E-state index contributed by atoms with van der Waals surface area (Å²) in [7, 11) is 2.05. The average Bonchev–Trinajstić information content (AvgIpc) is 2.46. The van der Waals surface area contributed by atoms with E-state index in [2.05, 4.69) is 20.8 Å². The second-order valence-electron chi connectivity index (χ2n) is 3.83. The minimum atomic E-state index is -0.784.